The Bertz CT molecular complexity index is 1890. The molecule has 0 saturated carbocycles. The molecule has 1 N–H and O–H groups in total. The Balaban J connectivity index is 0.996. The maximum Gasteiger partial charge on any atom is 0.257 e. The van der Waals surface area contributed by atoms with Crippen LogP contribution in [0.25, 0.3) is 11.0 Å². The highest BCUT2D eigenvalue weighted by atomic mass is 35.5. The van der Waals surface area contributed by atoms with Gasteiger partial charge in [0.1, 0.15) is 23.6 Å². The maximum absolute atomic E-state index is 14.3. The number of aryl methyl sites for hydroxylation is 1. The van der Waals surface area contributed by atoms with E-state index in [9.17, 15) is 9.18 Å². The largest absolute Gasteiger partial charge is 0.474 e. The number of piperidine rings is 1. The van der Waals surface area contributed by atoms with Crippen molar-refractivity contribution in [3.63, 3.8) is 0 Å². The van der Waals surface area contributed by atoms with Crippen LogP contribution in [-0.2, 0) is 24.2 Å². The summed E-state index contributed by atoms with van der Waals surface area (Å²) in [5, 5.41) is 3.33. The molecule has 1 atom stereocenters. The van der Waals surface area contributed by atoms with Crippen molar-refractivity contribution in [3.8, 4) is 5.88 Å². The van der Waals surface area contributed by atoms with Gasteiger partial charge in [-0.1, -0.05) is 17.7 Å². The monoisotopic (exact) mass is 655 g/mol. The van der Waals surface area contributed by atoms with Gasteiger partial charge in [-0.2, -0.15) is 4.98 Å². The molecule has 242 valence electrons. The van der Waals surface area contributed by atoms with E-state index in [2.05, 4.69) is 29.7 Å². The van der Waals surface area contributed by atoms with Gasteiger partial charge in [0.25, 0.3) is 5.91 Å². The molecule has 5 aromatic rings. The topological polar surface area (TPSA) is 107 Å². The van der Waals surface area contributed by atoms with Crippen molar-refractivity contribution in [2.45, 2.75) is 57.9 Å². The number of anilines is 1. The number of nitrogens with zero attached hydrogens (tertiary/aromatic N) is 6. The second-order valence-corrected chi connectivity index (χ2v) is 12.5. The van der Waals surface area contributed by atoms with Crippen molar-refractivity contribution in [1.82, 2.24) is 29.4 Å². The lowest BCUT2D eigenvalue weighted by atomic mass is 10.1. The van der Waals surface area contributed by atoms with Gasteiger partial charge >= 0.3 is 0 Å². The van der Waals surface area contributed by atoms with Gasteiger partial charge in [0.15, 0.2) is 0 Å². The quantitative estimate of drug-likeness (QED) is 0.195. The van der Waals surface area contributed by atoms with Crippen LogP contribution in [0.3, 0.4) is 0 Å². The molecule has 2 aliphatic rings. The van der Waals surface area contributed by atoms with Gasteiger partial charge in [-0.25, -0.2) is 14.4 Å². The normalized spacial score (nSPS) is 17.0. The van der Waals surface area contributed by atoms with Crippen LogP contribution < -0.4 is 10.1 Å². The van der Waals surface area contributed by atoms with Gasteiger partial charge in [-0.3, -0.25) is 14.7 Å². The average Bonchev–Trinajstić information content (AvgIpc) is 3.37. The van der Waals surface area contributed by atoms with E-state index in [1.54, 1.807) is 36.7 Å². The first-order chi connectivity index (χ1) is 22.9. The van der Waals surface area contributed by atoms with Gasteiger partial charge in [-0.05, 0) is 74.2 Å². The predicted octanol–water partition coefficient (Wildman–Crippen LogP) is 6.00. The molecule has 0 unspecified atom stereocenters. The number of halogens is 2. The van der Waals surface area contributed by atoms with Crippen LogP contribution in [0.1, 0.15) is 52.5 Å². The number of hydrogen-bond acceptors (Lipinski definition) is 8. The fourth-order valence-electron chi connectivity index (χ4n) is 5.94. The molecule has 2 aliphatic heterocycles. The van der Waals surface area contributed by atoms with E-state index in [4.69, 9.17) is 26.1 Å². The number of likely N-dealkylation sites (tertiary alicyclic amines) is 1. The molecule has 5 heterocycles. The lowest BCUT2D eigenvalue weighted by Gasteiger charge is -2.32. The molecule has 0 aliphatic carbocycles. The van der Waals surface area contributed by atoms with Gasteiger partial charge in [0, 0.05) is 61.0 Å². The number of ether oxygens (including phenoxy) is 2. The Labute approximate surface area is 276 Å². The summed E-state index contributed by atoms with van der Waals surface area (Å²) < 4.78 is 28.6. The van der Waals surface area contributed by atoms with Crippen molar-refractivity contribution < 1.29 is 18.7 Å². The highest BCUT2D eigenvalue weighted by Crippen LogP contribution is 2.26. The Hall–Kier alpha value is -4.45. The number of imidazole rings is 1. The number of carbonyl (C=O) groups excluding carboxylic acids is 1. The maximum atomic E-state index is 14.3. The van der Waals surface area contributed by atoms with E-state index in [0.717, 1.165) is 68.1 Å². The molecular weight excluding hydrogens is 621 g/mol. The number of fused-ring (bicyclic) bond motifs is 1. The highest BCUT2D eigenvalue weighted by molar-refractivity contribution is 6.30. The smallest absolute Gasteiger partial charge is 0.257 e. The van der Waals surface area contributed by atoms with E-state index in [1.165, 1.54) is 6.07 Å². The summed E-state index contributed by atoms with van der Waals surface area (Å²) in [5.41, 5.74) is 4.37. The number of amides is 1. The molecule has 2 fully saturated rings. The SMILES string of the molecule is Cc1ccc(C(=O)Nc2ccc3c(c2)nc(CN2CCC(Oc4ccnc(Cc5ccc(Cl)cc5F)n4)CC2)n3C[C@@H]2CCO2)cn1. The van der Waals surface area contributed by atoms with Crippen LogP contribution in [0.4, 0.5) is 10.1 Å². The summed E-state index contributed by atoms with van der Waals surface area (Å²) in [6, 6.07) is 15.8. The summed E-state index contributed by atoms with van der Waals surface area (Å²) in [6.07, 6.45) is 6.37. The number of aromatic nitrogens is 5. The number of rotatable bonds is 10. The molecule has 0 radical (unpaired) electrons. The zero-order valence-electron chi connectivity index (χ0n) is 26.0. The highest BCUT2D eigenvalue weighted by Gasteiger charge is 2.26. The molecule has 2 aromatic carbocycles. The number of pyridine rings is 1. The third-order valence-electron chi connectivity index (χ3n) is 8.67. The first-order valence-electron chi connectivity index (χ1n) is 15.9. The van der Waals surface area contributed by atoms with Crippen molar-refractivity contribution >= 4 is 34.2 Å². The fourth-order valence-corrected chi connectivity index (χ4v) is 6.10. The van der Waals surface area contributed by atoms with E-state index in [-0.39, 0.29) is 30.4 Å². The lowest BCUT2D eigenvalue weighted by Crippen LogP contribution is -2.39. The van der Waals surface area contributed by atoms with Gasteiger partial charge in [0.2, 0.25) is 5.88 Å². The Kier molecular flexibility index (Phi) is 9.10. The standard InChI is InChI=1S/C35H35ClFN7O3/c1-22-2-3-24(19-39-22)35(45)40-26-6-7-31-30(18-26)41-33(44(31)20-28-11-15-46-28)21-43-13-9-27(10-14-43)47-34-8-12-38-32(42-34)16-23-4-5-25(36)17-29(23)37/h2-8,12,17-19,27-28H,9-11,13-16,20-21H2,1H3,(H,40,45)/t28-/m0/s1. The molecule has 47 heavy (non-hydrogen) atoms. The van der Waals surface area contributed by atoms with Crippen molar-refractivity contribution in [2.75, 3.05) is 25.0 Å². The molecule has 0 bridgehead atoms. The Morgan fingerprint density at radius 2 is 1.91 bits per heavy atom. The Morgan fingerprint density at radius 3 is 2.66 bits per heavy atom. The van der Waals surface area contributed by atoms with Crippen LogP contribution in [0.15, 0.2) is 67.0 Å². The zero-order chi connectivity index (χ0) is 32.3. The minimum absolute atomic E-state index is 0.0124. The first-order valence-corrected chi connectivity index (χ1v) is 16.2. The van der Waals surface area contributed by atoms with Crippen LogP contribution in [0.2, 0.25) is 5.02 Å². The van der Waals surface area contributed by atoms with E-state index >= 15 is 0 Å². The molecule has 10 nitrogen and oxygen atoms in total. The van der Waals surface area contributed by atoms with Gasteiger partial charge in [-0.15, -0.1) is 0 Å². The number of nitrogens with one attached hydrogen (secondary N) is 1. The van der Waals surface area contributed by atoms with Crippen molar-refractivity contribution in [1.29, 1.82) is 0 Å². The second kappa shape index (κ2) is 13.7. The average molecular weight is 656 g/mol. The number of benzene rings is 2. The third kappa shape index (κ3) is 7.43. The zero-order valence-corrected chi connectivity index (χ0v) is 26.8. The Morgan fingerprint density at radius 1 is 1.06 bits per heavy atom. The van der Waals surface area contributed by atoms with Crippen LogP contribution in [0.5, 0.6) is 5.88 Å². The van der Waals surface area contributed by atoms with Crippen LogP contribution in [-0.4, -0.2) is 67.2 Å². The van der Waals surface area contributed by atoms with Crippen molar-refractivity contribution in [2.24, 2.45) is 0 Å². The fraction of sp³-hybridized carbons (Fsp3) is 0.343. The van der Waals surface area contributed by atoms with E-state index < -0.39 is 0 Å². The summed E-state index contributed by atoms with van der Waals surface area (Å²) in [5.74, 6) is 1.36. The minimum atomic E-state index is -0.378. The van der Waals surface area contributed by atoms with E-state index in [0.29, 0.717) is 40.1 Å². The van der Waals surface area contributed by atoms with Crippen molar-refractivity contribution in [3.05, 3.63) is 106 Å². The summed E-state index contributed by atoms with van der Waals surface area (Å²) >= 11 is 5.89. The molecule has 12 heteroatoms. The summed E-state index contributed by atoms with van der Waals surface area (Å²) in [7, 11) is 0. The van der Waals surface area contributed by atoms with E-state index in [1.807, 2.05) is 31.2 Å². The molecule has 7 rings (SSSR count). The van der Waals surface area contributed by atoms with Crippen LogP contribution >= 0.6 is 11.6 Å². The number of carbonyl (C=O) groups is 1. The predicted molar refractivity (Wildman–Crippen MR) is 176 cm³/mol. The molecule has 2 saturated heterocycles. The van der Waals surface area contributed by atoms with Gasteiger partial charge < -0.3 is 19.4 Å². The molecule has 0 spiro atoms. The second-order valence-electron chi connectivity index (χ2n) is 12.1. The van der Waals surface area contributed by atoms with Crippen LogP contribution in [0, 0.1) is 12.7 Å². The van der Waals surface area contributed by atoms with Gasteiger partial charge in [0.05, 0.1) is 35.8 Å². The molecular formula is C35H35ClFN7O3. The lowest BCUT2D eigenvalue weighted by molar-refractivity contribution is -0.0592. The molecule has 1 amide bonds. The first kappa shape index (κ1) is 31.2. The minimum Gasteiger partial charge on any atom is -0.474 e. The number of hydrogen-bond donors (Lipinski definition) is 1. The summed E-state index contributed by atoms with van der Waals surface area (Å²) in [4.78, 5) is 33.3. The third-order valence-corrected chi connectivity index (χ3v) is 8.90. The molecule has 3 aromatic heterocycles. The summed E-state index contributed by atoms with van der Waals surface area (Å²) in [6.45, 7) is 5.79.